The molecule has 0 aliphatic heterocycles. The molecule has 0 radical (unpaired) electrons. The highest BCUT2D eigenvalue weighted by Crippen LogP contribution is 2.24. The number of nitrogens with one attached hydrogen (secondary N) is 2. The molecule has 7 heteroatoms. The zero-order valence-corrected chi connectivity index (χ0v) is 19.2. The molecule has 2 rings (SSSR count). The topological polar surface area (TPSA) is 49.3 Å². The summed E-state index contributed by atoms with van der Waals surface area (Å²) in [5.74, 6) is 0.560. The normalized spacial score (nSPS) is 11.8. The maximum atomic E-state index is 14.1. The lowest BCUT2D eigenvalue weighted by atomic mass is 9.84. The van der Waals surface area contributed by atoms with Crippen molar-refractivity contribution in [2.45, 2.75) is 46.6 Å². The van der Waals surface area contributed by atoms with Crippen LogP contribution in [0.4, 0.5) is 4.39 Å². The fraction of sp³-hybridized carbons (Fsp3) is 0.474. The van der Waals surface area contributed by atoms with E-state index >= 15 is 0 Å². The second kappa shape index (κ2) is 10.2. The van der Waals surface area contributed by atoms with Crippen molar-refractivity contribution in [1.82, 2.24) is 15.6 Å². The van der Waals surface area contributed by atoms with Crippen molar-refractivity contribution in [3.63, 3.8) is 0 Å². The maximum Gasteiger partial charge on any atom is 0.191 e. The zero-order chi connectivity index (χ0) is 18.4. The van der Waals surface area contributed by atoms with Crippen molar-refractivity contribution in [2.75, 3.05) is 13.1 Å². The van der Waals surface area contributed by atoms with E-state index in [1.807, 2.05) is 46.8 Å². The molecule has 1 aromatic heterocycles. The van der Waals surface area contributed by atoms with Crippen molar-refractivity contribution in [3.05, 3.63) is 51.2 Å². The van der Waals surface area contributed by atoms with Crippen LogP contribution in [0.15, 0.2) is 29.3 Å². The molecule has 0 spiro atoms. The fourth-order valence-electron chi connectivity index (χ4n) is 2.62. The van der Waals surface area contributed by atoms with Gasteiger partial charge in [0.2, 0.25) is 0 Å². The van der Waals surface area contributed by atoms with E-state index < -0.39 is 0 Å². The van der Waals surface area contributed by atoms with Crippen LogP contribution in [-0.4, -0.2) is 24.0 Å². The van der Waals surface area contributed by atoms with Crippen LogP contribution < -0.4 is 10.6 Å². The minimum absolute atomic E-state index is 0. The summed E-state index contributed by atoms with van der Waals surface area (Å²) < 4.78 is 14.1. The number of aryl methyl sites for hydroxylation is 2. The third-order valence-corrected chi connectivity index (χ3v) is 5.08. The first-order valence-electron chi connectivity index (χ1n) is 8.53. The first-order valence-corrected chi connectivity index (χ1v) is 9.35. The van der Waals surface area contributed by atoms with Gasteiger partial charge < -0.3 is 10.6 Å². The average Bonchev–Trinajstić information content (AvgIpc) is 2.88. The summed E-state index contributed by atoms with van der Waals surface area (Å²) >= 11 is 1.67. The molecular weight excluding hydrogens is 462 g/mol. The fourth-order valence-corrected chi connectivity index (χ4v) is 3.48. The number of hydrogen-bond acceptors (Lipinski definition) is 3. The van der Waals surface area contributed by atoms with Crippen LogP contribution in [0.1, 0.15) is 41.9 Å². The number of thiazole rings is 1. The van der Waals surface area contributed by atoms with E-state index in [-0.39, 0.29) is 35.2 Å². The van der Waals surface area contributed by atoms with Crippen LogP contribution in [0, 0.1) is 19.7 Å². The monoisotopic (exact) mass is 490 g/mol. The van der Waals surface area contributed by atoms with E-state index in [9.17, 15) is 4.39 Å². The Hall–Kier alpha value is -1.22. The lowest BCUT2D eigenvalue weighted by Gasteiger charge is -2.27. The maximum absolute atomic E-state index is 14.1. The minimum Gasteiger partial charge on any atom is -0.357 e. The molecule has 0 amide bonds. The van der Waals surface area contributed by atoms with Gasteiger partial charge in [-0.15, -0.1) is 35.3 Å². The van der Waals surface area contributed by atoms with Crippen molar-refractivity contribution >= 4 is 41.3 Å². The van der Waals surface area contributed by atoms with Gasteiger partial charge in [-0.25, -0.2) is 14.4 Å². The van der Waals surface area contributed by atoms with Crippen molar-refractivity contribution in [1.29, 1.82) is 0 Å². The Morgan fingerprint density at radius 3 is 2.50 bits per heavy atom. The van der Waals surface area contributed by atoms with Gasteiger partial charge in [0.1, 0.15) is 5.82 Å². The molecule has 4 nitrogen and oxygen atoms in total. The van der Waals surface area contributed by atoms with Crippen LogP contribution in [0.5, 0.6) is 0 Å². The quantitative estimate of drug-likeness (QED) is 0.355. The van der Waals surface area contributed by atoms with Crippen molar-refractivity contribution in [3.8, 4) is 0 Å². The van der Waals surface area contributed by atoms with Gasteiger partial charge in [0.25, 0.3) is 0 Å². The van der Waals surface area contributed by atoms with Crippen LogP contribution in [0.25, 0.3) is 0 Å². The number of aliphatic imine (C=N–C) groups is 1. The molecule has 0 saturated heterocycles. The number of guanidine groups is 1. The molecule has 0 fully saturated rings. The minimum atomic E-state index is -0.349. The Labute approximate surface area is 176 Å². The molecule has 0 aliphatic carbocycles. The summed E-state index contributed by atoms with van der Waals surface area (Å²) in [5.41, 5.74) is 1.39. The van der Waals surface area contributed by atoms with Crippen LogP contribution in [-0.2, 0) is 12.0 Å². The van der Waals surface area contributed by atoms with Gasteiger partial charge in [-0.1, -0.05) is 32.0 Å². The molecule has 0 aliphatic rings. The Morgan fingerprint density at radius 1 is 1.23 bits per heavy atom. The summed E-state index contributed by atoms with van der Waals surface area (Å²) in [6.45, 7) is 12.0. The number of aromatic nitrogens is 1. The van der Waals surface area contributed by atoms with E-state index in [0.717, 1.165) is 23.2 Å². The molecule has 0 unspecified atom stereocenters. The Morgan fingerprint density at radius 2 is 1.92 bits per heavy atom. The van der Waals surface area contributed by atoms with Gasteiger partial charge in [-0.3, -0.25) is 0 Å². The first kappa shape index (κ1) is 22.8. The molecule has 1 aromatic carbocycles. The SMILES string of the molecule is CCNC(=NCc1sc(C)nc1C)NCC(C)(C)c1ccccc1F.I. The summed E-state index contributed by atoms with van der Waals surface area (Å²) in [5, 5.41) is 7.64. The van der Waals surface area contributed by atoms with E-state index in [1.54, 1.807) is 17.4 Å². The number of hydrogen-bond donors (Lipinski definition) is 2. The summed E-state index contributed by atoms with van der Waals surface area (Å²) in [6, 6.07) is 6.93. The molecular formula is C19H28FIN4S. The number of benzene rings is 1. The molecule has 1 heterocycles. The molecule has 0 bridgehead atoms. The molecule has 2 aromatic rings. The van der Waals surface area contributed by atoms with Gasteiger partial charge in [-0.2, -0.15) is 0 Å². The zero-order valence-electron chi connectivity index (χ0n) is 16.0. The van der Waals surface area contributed by atoms with E-state index in [0.29, 0.717) is 18.7 Å². The number of nitrogens with zero attached hydrogens (tertiary/aromatic N) is 2. The van der Waals surface area contributed by atoms with E-state index in [4.69, 9.17) is 0 Å². The highest BCUT2D eigenvalue weighted by atomic mass is 127. The highest BCUT2D eigenvalue weighted by molar-refractivity contribution is 14.0. The largest absolute Gasteiger partial charge is 0.357 e. The first-order chi connectivity index (χ1) is 11.8. The van der Waals surface area contributed by atoms with Gasteiger partial charge in [-0.05, 0) is 32.4 Å². The third-order valence-electron chi connectivity index (χ3n) is 4.03. The standard InChI is InChI=1S/C19H27FN4S.HI/c1-6-21-18(22-11-17-13(2)24-14(3)25-17)23-12-19(4,5)15-9-7-8-10-16(15)20;/h7-10H,6,11-12H2,1-5H3,(H2,21,22,23);1H. The molecule has 144 valence electrons. The van der Waals surface area contributed by atoms with Gasteiger partial charge in [0, 0.05) is 23.4 Å². The number of halogens is 2. The Kier molecular flexibility index (Phi) is 8.95. The second-order valence-corrected chi connectivity index (χ2v) is 7.94. The van der Waals surface area contributed by atoms with E-state index in [1.165, 1.54) is 10.9 Å². The molecule has 26 heavy (non-hydrogen) atoms. The van der Waals surface area contributed by atoms with Crippen molar-refractivity contribution < 1.29 is 4.39 Å². The molecule has 2 N–H and O–H groups in total. The smallest absolute Gasteiger partial charge is 0.191 e. The predicted molar refractivity (Wildman–Crippen MR) is 119 cm³/mol. The summed E-state index contributed by atoms with van der Waals surface area (Å²) in [6.07, 6.45) is 0. The second-order valence-electron chi connectivity index (χ2n) is 6.65. The van der Waals surface area contributed by atoms with Gasteiger partial charge in [0.15, 0.2) is 5.96 Å². The summed E-state index contributed by atoms with van der Waals surface area (Å²) in [4.78, 5) is 10.3. The molecule has 0 saturated carbocycles. The lowest BCUT2D eigenvalue weighted by molar-refractivity contribution is 0.473. The average molecular weight is 490 g/mol. The molecule has 0 atom stereocenters. The van der Waals surface area contributed by atoms with Crippen LogP contribution >= 0.6 is 35.3 Å². The number of rotatable bonds is 6. The van der Waals surface area contributed by atoms with Crippen molar-refractivity contribution in [2.24, 2.45) is 4.99 Å². The predicted octanol–water partition coefficient (Wildman–Crippen LogP) is 4.55. The third kappa shape index (κ3) is 6.19. The Balaban J connectivity index is 0.00000338. The van der Waals surface area contributed by atoms with Gasteiger partial charge >= 0.3 is 0 Å². The van der Waals surface area contributed by atoms with Gasteiger partial charge in [0.05, 0.1) is 17.2 Å². The van der Waals surface area contributed by atoms with Crippen LogP contribution in [0.3, 0.4) is 0 Å². The summed E-state index contributed by atoms with van der Waals surface area (Å²) in [7, 11) is 0. The van der Waals surface area contributed by atoms with Crippen LogP contribution in [0.2, 0.25) is 0 Å². The van der Waals surface area contributed by atoms with E-state index in [2.05, 4.69) is 20.6 Å². The highest BCUT2D eigenvalue weighted by Gasteiger charge is 2.24. The Bertz CT molecular complexity index is 743. The lowest BCUT2D eigenvalue weighted by Crippen LogP contribution is -2.43.